The Morgan fingerprint density at radius 1 is 1.07 bits per heavy atom. The lowest BCUT2D eigenvalue weighted by Crippen LogP contribution is -2.59. The van der Waals surface area contributed by atoms with Crippen molar-refractivity contribution in [1.82, 2.24) is 9.80 Å². The Morgan fingerprint density at radius 3 is 2.42 bits per heavy atom. The highest BCUT2D eigenvalue weighted by molar-refractivity contribution is 8.02. The van der Waals surface area contributed by atoms with E-state index in [1.807, 2.05) is 47.1 Å². The van der Waals surface area contributed by atoms with Crippen LogP contribution in [0.25, 0.3) is 0 Å². The highest BCUT2D eigenvalue weighted by Gasteiger charge is 2.76. The number of thioether (sulfide) groups is 1. The molecule has 3 amide bonds. The number of benzene rings is 1. The predicted molar refractivity (Wildman–Crippen MR) is 180 cm³/mol. The van der Waals surface area contributed by atoms with Gasteiger partial charge in [-0.25, -0.2) is 0 Å². The SMILES string of the molecule is C=CCN(C(=O)[C@@H]1[C@H]2C(=O)N(CCCCCO)C(C(=O)N(CC=C)C3CCCCC3)C23S[C@@H]1CC3C)c1ccc(OCC)cc1. The van der Waals surface area contributed by atoms with E-state index >= 15 is 0 Å². The van der Waals surface area contributed by atoms with Crippen LogP contribution in [0.1, 0.15) is 71.6 Å². The van der Waals surface area contributed by atoms with E-state index < -0.39 is 22.6 Å². The number of aliphatic hydroxyl groups is 1. The summed E-state index contributed by atoms with van der Waals surface area (Å²) in [4.78, 5) is 49.7. The van der Waals surface area contributed by atoms with Crippen LogP contribution in [0.3, 0.4) is 0 Å². The van der Waals surface area contributed by atoms with E-state index in [4.69, 9.17) is 4.74 Å². The summed E-state index contributed by atoms with van der Waals surface area (Å²) in [6.45, 7) is 13.9. The third-order valence-electron chi connectivity index (χ3n) is 10.5. The zero-order chi connectivity index (χ0) is 32.1. The number of aliphatic hydroxyl groups excluding tert-OH is 1. The molecule has 0 radical (unpaired) electrons. The Hall–Kier alpha value is -2.78. The van der Waals surface area contributed by atoms with Gasteiger partial charge in [0.15, 0.2) is 0 Å². The topological polar surface area (TPSA) is 90.4 Å². The number of anilines is 1. The number of nitrogens with zero attached hydrogens (tertiary/aromatic N) is 3. The van der Waals surface area contributed by atoms with Crippen molar-refractivity contribution in [2.45, 2.75) is 93.7 Å². The van der Waals surface area contributed by atoms with Gasteiger partial charge < -0.3 is 24.5 Å². The van der Waals surface area contributed by atoms with Crippen LogP contribution in [0.5, 0.6) is 5.75 Å². The van der Waals surface area contributed by atoms with Gasteiger partial charge in [-0.3, -0.25) is 14.4 Å². The predicted octanol–water partition coefficient (Wildman–Crippen LogP) is 5.45. The molecule has 45 heavy (non-hydrogen) atoms. The summed E-state index contributed by atoms with van der Waals surface area (Å²) in [6, 6.07) is 7.03. The second-order valence-corrected chi connectivity index (χ2v) is 14.7. The summed E-state index contributed by atoms with van der Waals surface area (Å²) in [7, 11) is 0. The third-order valence-corrected chi connectivity index (χ3v) is 12.6. The summed E-state index contributed by atoms with van der Waals surface area (Å²) in [6.07, 6.45) is 11.8. The molecule has 3 aliphatic heterocycles. The van der Waals surface area contributed by atoms with Crippen molar-refractivity contribution in [3.05, 3.63) is 49.6 Å². The first-order valence-electron chi connectivity index (χ1n) is 17.0. The van der Waals surface area contributed by atoms with E-state index in [-0.39, 0.29) is 41.5 Å². The van der Waals surface area contributed by atoms with Crippen LogP contribution in [-0.4, -0.2) is 87.6 Å². The Balaban J connectivity index is 1.51. The maximum atomic E-state index is 14.9. The molecule has 0 aromatic heterocycles. The Bertz CT molecular complexity index is 1230. The van der Waals surface area contributed by atoms with Crippen molar-refractivity contribution in [2.24, 2.45) is 17.8 Å². The fourth-order valence-corrected chi connectivity index (χ4v) is 10.9. The molecule has 3 heterocycles. The maximum Gasteiger partial charge on any atom is 0.247 e. The summed E-state index contributed by atoms with van der Waals surface area (Å²) in [5.74, 6) is -0.369. The molecule has 3 unspecified atom stereocenters. The van der Waals surface area contributed by atoms with Crippen LogP contribution in [-0.2, 0) is 14.4 Å². The first-order valence-corrected chi connectivity index (χ1v) is 17.9. The lowest BCUT2D eigenvalue weighted by Gasteiger charge is -2.43. The fourth-order valence-electron chi connectivity index (χ4n) is 8.52. The number of unbranched alkanes of at least 4 members (excludes halogenated alkanes) is 2. The second-order valence-electron chi connectivity index (χ2n) is 13.1. The van der Waals surface area contributed by atoms with Gasteiger partial charge in [0.2, 0.25) is 17.7 Å². The van der Waals surface area contributed by atoms with Crippen LogP contribution < -0.4 is 9.64 Å². The van der Waals surface area contributed by atoms with Crippen molar-refractivity contribution < 1.29 is 24.2 Å². The van der Waals surface area contributed by atoms with Crippen molar-refractivity contribution in [3.8, 4) is 5.75 Å². The molecule has 1 saturated carbocycles. The van der Waals surface area contributed by atoms with Crippen molar-refractivity contribution in [2.75, 3.05) is 37.7 Å². The lowest BCUT2D eigenvalue weighted by atomic mass is 9.65. The third kappa shape index (κ3) is 6.19. The van der Waals surface area contributed by atoms with E-state index in [0.717, 1.165) is 50.0 Å². The molecule has 4 fully saturated rings. The number of rotatable bonds is 15. The van der Waals surface area contributed by atoms with Gasteiger partial charge in [0, 0.05) is 43.2 Å². The van der Waals surface area contributed by atoms with Crippen LogP contribution in [0.4, 0.5) is 5.69 Å². The number of carbonyl (C=O) groups is 3. The number of likely N-dealkylation sites (tertiary alicyclic amines) is 1. The number of amides is 3. The minimum Gasteiger partial charge on any atom is -0.494 e. The number of hydrogen-bond donors (Lipinski definition) is 1. The average Bonchev–Trinajstić information content (AvgIpc) is 3.64. The number of ether oxygens (including phenoxy) is 1. The van der Waals surface area contributed by atoms with Crippen molar-refractivity contribution in [1.29, 1.82) is 0 Å². The quantitative estimate of drug-likeness (QED) is 0.203. The summed E-state index contributed by atoms with van der Waals surface area (Å²) in [5.41, 5.74) is 0.742. The monoisotopic (exact) mass is 637 g/mol. The Kier molecular flexibility index (Phi) is 11.0. The molecule has 246 valence electrons. The van der Waals surface area contributed by atoms with Gasteiger partial charge in [0.1, 0.15) is 11.8 Å². The maximum absolute atomic E-state index is 14.9. The number of hydrogen-bond acceptors (Lipinski definition) is 6. The molecular weight excluding hydrogens is 586 g/mol. The fraction of sp³-hybridized carbons (Fsp3) is 0.639. The molecule has 1 aromatic rings. The van der Waals surface area contributed by atoms with E-state index in [2.05, 4.69) is 20.1 Å². The van der Waals surface area contributed by atoms with E-state index in [0.29, 0.717) is 39.1 Å². The minimum absolute atomic E-state index is 0.0161. The molecule has 1 aromatic carbocycles. The van der Waals surface area contributed by atoms with Gasteiger partial charge in [0.25, 0.3) is 0 Å². The Morgan fingerprint density at radius 2 is 1.78 bits per heavy atom. The van der Waals surface area contributed by atoms with Gasteiger partial charge in [-0.15, -0.1) is 24.9 Å². The molecule has 2 bridgehead atoms. The molecule has 1 N–H and O–H groups in total. The average molecular weight is 638 g/mol. The lowest BCUT2D eigenvalue weighted by molar-refractivity contribution is -0.144. The largest absolute Gasteiger partial charge is 0.494 e. The van der Waals surface area contributed by atoms with Crippen LogP contribution in [0, 0.1) is 17.8 Å². The molecule has 4 aliphatic rings. The molecule has 8 nitrogen and oxygen atoms in total. The second kappa shape index (κ2) is 14.8. The zero-order valence-electron chi connectivity index (χ0n) is 27.1. The van der Waals surface area contributed by atoms with Gasteiger partial charge in [0.05, 0.1) is 23.2 Å². The normalized spacial score (nSPS) is 29.0. The smallest absolute Gasteiger partial charge is 0.247 e. The standard InChI is InChI=1S/C36H51N3O5S/c1-5-20-37(27-16-18-28(19-17-27)44-7-3)33(41)30-29-24-25(4)36(45-29)31(30)34(42)39(22-12-9-13-23-40)32(36)35(43)38(21-6-2)26-14-10-8-11-15-26/h5-6,16-19,25-26,29-32,40H,1-2,7-15,20-24H2,3-4H3/t25?,29-,30+,31+,32?,36?/m1/s1. The van der Waals surface area contributed by atoms with Crippen molar-refractivity contribution >= 4 is 35.2 Å². The molecule has 5 rings (SSSR count). The summed E-state index contributed by atoms with van der Waals surface area (Å²) in [5, 5.41) is 9.36. The zero-order valence-corrected chi connectivity index (χ0v) is 27.9. The molecular formula is C36H51N3O5S. The van der Waals surface area contributed by atoms with Gasteiger partial charge in [-0.05, 0) is 75.6 Å². The summed E-state index contributed by atoms with van der Waals surface area (Å²) < 4.78 is 4.96. The van der Waals surface area contributed by atoms with Gasteiger partial charge in [-0.1, -0.05) is 38.3 Å². The highest BCUT2D eigenvalue weighted by Crippen LogP contribution is 2.69. The van der Waals surface area contributed by atoms with E-state index in [1.165, 1.54) is 6.42 Å². The minimum atomic E-state index is -0.664. The van der Waals surface area contributed by atoms with Crippen molar-refractivity contribution in [3.63, 3.8) is 0 Å². The van der Waals surface area contributed by atoms with E-state index in [1.54, 1.807) is 22.7 Å². The molecule has 1 aliphatic carbocycles. The summed E-state index contributed by atoms with van der Waals surface area (Å²) >= 11 is 1.73. The van der Waals surface area contributed by atoms with Gasteiger partial charge in [-0.2, -0.15) is 0 Å². The molecule has 9 heteroatoms. The molecule has 3 saturated heterocycles. The van der Waals surface area contributed by atoms with E-state index in [9.17, 15) is 19.5 Å². The molecule has 6 atom stereocenters. The number of carbonyl (C=O) groups excluding carboxylic acids is 3. The van der Waals surface area contributed by atoms with Gasteiger partial charge >= 0.3 is 0 Å². The first-order chi connectivity index (χ1) is 21.8. The first kappa shape index (κ1) is 33.6. The highest BCUT2D eigenvalue weighted by atomic mass is 32.2. The Labute approximate surface area is 273 Å². The van der Waals surface area contributed by atoms with Crippen LogP contribution in [0.15, 0.2) is 49.6 Å². The van der Waals surface area contributed by atoms with Crippen LogP contribution in [0.2, 0.25) is 0 Å². The van der Waals surface area contributed by atoms with Crippen LogP contribution >= 0.6 is 11.8 Å². The molecule has 1 spiro atoms. The number of fused-ring (bicyclic) bond motifs is 1.